The van der Waals surface area contributed by atoms with Crippen molar-refractivity contribution in [3.63, 3.8) is 0 Å². The van der Waals surface area contributed by atoms with E-state index in [0.717, 1.165) is 32.1 Å². The molecular weight excluding hydrogens is 178 g/mol. The summed E-state index contributed by atoms with van der Waals surface area (Å²) in [5, 5.41) is 0. The van der Waals surface area contributed by atoms with E-state index in [0.29, 0.717) is 0 Å². The van der Waals surface area contributed by atoms with Crippen molar-refractivity contribution >= 4 is 0 Å². The van der Waals surface area contributed by atoms with Gasteiger partial charge in [-0.1, -0.05) is 0 Å². The van der Waals surface area contributed by atoms with Crippen LogP contribution >= 0.6 is 0 Å². The molecule has 0 amide bonds. The van der Waals surface area contributed by atoms with Crippen molar-refractivity contribution in [1.29, 1.82) is 0 Å². The van der Waals surface area contributed by atoms with Gasteiger partial charge in [0.05, 0.1) is 19.0 Å². The first-order valence-electron chi connectivity index (χ1n) is 4.99. The van der Waals surface area contributed by atoms with Crippen LogP contribution in [0.5, 0.6) is 0 Å². The quantitative estimate of drug-likeness (QED) is 0.647. The van der Waals surface area contributed by atoms with Gasteiger partial charge in [0, 0.05) is 19.3 Å². The van der Waals surface area contributed by atoms with E-state index in [1.807, 2.05) is 27.0 Å². The Labute approximate surface area is 86.0 Å². The molecule has 3 nitrogen and oxygen atoms in total. The van der Waals surface area contributed by atoms with Crippen molar-refractivity contribution in [2.24, 2.45) is 0 Å². The summed E-state index contributed by atoms with van der Waals surface area (Å²) in [6.45, 7) is 9.58. The highest BCUT2D eigenvalue weighted by Gasteiger charge is 2.04. The minimum absolute atomic E-state index is 0.811. The highest BCUT2D eigenvalue weighted by Crippen LogP contribution is 2.05. The predicted molar refractivity (Wildman–Crippen MR) is 56.7 cm³/mol. The lowest BCUT2D eigenvalue weighted by molar-refractivity contribution is 0.0583. The summed E-state index contributed by atoms with van der Waals surface area (Å²) >= 11 is 0. The molecule has 0 atom stereocenters. The Hall–Kier alpha value is -0.960. The summed E-state index contributed by atoms with van der Waals surface area (Å²) in [5.74, 6) is 0.967. The molecule has 1 heterocycles. The molecule has 3 heteroatoms. The maximum absolute atomic E-state index is 5.42. The first kappa shape index (κ1) is 11.1. The molecule has 1 rings (SSSR count). The number of nitrogens with zero attached hydrogens (tertiary/aromatic N) is 1. The van der Waals surface area contributed by atoms with Crippen molar-refractivity contribution in [2.75, 3.05) is 26.3 Å². The van der Waals surface area contributed by atoms with Gasteiger partial charge in [0.1, 0.15) is 6.26 Å². The van der Waals surface area contributed by atoms with Gasteiger partial charge in [-0.25, -0.2) is 0 Å². The average molecular weight is 197 g/mol. The molecule has 80 valence electrons. The van der Waals surface area contributed by atoms with Crippen LogP contribution < -0.4 is 0 Å². The zero-order valence-corrected chi connectivity index (χ0v) is 9.25. The van der Waals surface area contributed by atoms with Crippen molar-refractivity contribution in [3.8, 4) is 0 Å². The van der Waals surface area contributed by atoms with Gasteiger partial charge >= 0.3 is 0 Å². The number of allylic oxidation sites excluding steroid dienone is 2. The van der Waals surface area contributed by atoms with Gasteiger partial charge in [0.15, 0.2) is 0 Å². The molecule has 0 bridgehead atoms. The maximum atomic E-state index is 5.42. The first-order chi connectivity index (χ1) is 6.70. The summed E-state index contributed by atoms with van der Waals surface area (Å²) in [6, 6.07) is 0. The summed E-state index contributed by atoms with van der Waals surface area (Å²) in [7, 11) is 0. The molecule has 1 aliphatic heterocycles. The summed E-state index contributed by atoms with van der Waals surface area (Å²) in [6.07, 6.45) is 3.72. The Kier molecular flexibility index (Phi) is 4.53. The molecule has 0 N–H and O–H groups in total. The molecule has 0 aromatic rings. The number of ether oxygens (including phenoxy) is 2. The standard InChI is InChI=1S/C11H19NO2/c1-10(2)11(3)14-9-6-12-4-7-13-8-5-12/h6,9H,4-5,7-8H2,1-3H3/b9-6+. The Morgan fingerprint density at radius 2 is 1.86 bits per heavy atom. The topological polar surface area (TPSA) is 21.7 Å². The monoisotopic (exact) mass is 197 g/mol. The van der Waals surface area contributed by atoms with Crippen molar-refractivity contribution in [2.45, 2.75) is 20.8 Å². The normalized spacial score (nSPS) is 17.2. The lowest BCUT2D eigenvalue weighted by Crippen LogP contribution is -2.32. The van der Waals surface area contributed by atoms with Gasteiger partial charge in [-0.15, -0.1) is 0 Å². The second kappa shape index (κ2) is 5.70. The SMILES string of the molecule is CC(C)=C(C)O/C=C/N1CCOCC1. The number of hydrogen-bond acceptors (Lipinski definition) is 3. The van der Waals surface area contributed by atoms with Crippen LogP contribution in [0.25, 0.3) is 0 Å². The smallest absolute Gasteiger partial charge is 0.106 e. The molecule has 0 radical (unpaired) electrons. The van der Waals surface area contributed by atoms with Gasteiger partial charge in [0.2, 0.25) is 0 Å². The second-order valence-electron chi connectivity index (χ2n) is 3.61. The minimum atomic E-state index is 0.811. The van der Waals surface area contributed by atoms with E-state index in [9.17, 15) is 0 Å². The van der Waals surface area contributed by atoms with Gasteiger partial charge in [0.25, 0.3) is 0 Å². The maximum Gasteiger partial charge on any atom is 0.106 e. The van der Waals surface area contributed by atoms with Crippen LogP contribution in [0.2, 0.25) is 0 Å². The van der Waals surface area contributed by atoms with Crippen molar-refractivity contribution < 1.29 is 9.47 Å². The molecule has 14 heavy (non-hydrogen) atoms. The van der Waals surface area contributed by atoms with Gasteiger partial charge < -0.3 is 14.4 Å². The average Bonchev–Trinajstić information content (AvgIpc) is 2.19. The molecule has 0 unspecified atom stereocenters. The molecule has 0 saturated carbocycles. The van der Waals surface area contributed by atoms with Crippen LogP contribution in [0.15, 0.2) is 23.8 Å². The Balaban J connectivity index is 2.29. The summed E-state index contributed by atoms with van der Waals surface area (Å²) in [4.78, 5) is 2.20. The highest BCUT2D eigenvalue weighted by atomic mass is 16.5. The predicted octanol–water partition coefficient (Wildman–Crippen LogP) is 2.12. The molecule has 0 aliphatic carbocycles. The van der Waals surface area contributed by atoms with Gasteiger partial charge in [-0.05, 0) is 26.3 Å². The van der Waals surface area contributed by atoms with E-state index in [1.165, 1.54) is 5.57 Å². The molecule has 1 aliphatic rings. The van der Waals surface area contributed by atoms with Crippen LogP contribution in [0.3, 0.4) is 0 Å². The van der Waals surface area contributed by atoms with E-state index in [1.54, 1.807) is 6.26 Å². The number of morpholine rings is 1. The fraction of sp³-hybridized carbons (Fsp3) is 0.636. The van der Waals surface area contributed by atoms with E-state index >= 15 is 0 Å². The van der Waals surface area contributed by atoms with Crippen LogP contribution in [0.1, 0.15) is 20.8 Å². The Bertz CT molecular complexity index is 223. The van der Waals surface area contributed by atoms with E-state index in [2.05, 4.69) is 4.90 Å². The molecule has 0 aromatic heterocycles. The highest BCUT2D eigenvalue weighted by molar-refractivity contribution is 5.00. The number of hydrogen-bond donors (Lipinski definition) is 0. The summed E-state index contributed by atoms with van der Waals surface area (Å²) < 4.78 is 10.7. The van der Waals surface area contributed by atoms with Crippen LogP contribution in [-0.4, -0.2) is 31.2 Å². The number of rotatable bonds is 3. The molecule has 0 spiro atoms. The van der Waals surface area contributed by atoms with Crippen LogP contribution in [0, 0.1) is 0 Å². The third-order valence-electron chi connectivity index (χ3n) is 2.27. The Morgan fingerprint density at radius 1 is 1.21 bits per heavy atom. The fourth-order valence-corrected chi connectivity index (χ4v) is 1.06. The molecule has 0 aromatic carbocycles. The first-order valence-corrected chi connectivity index (χ1v) is 4.99. The summed E-state index contributed by atoms with van der Waals surface area (Å²) in [5.41, 5.74) is 1.21. The Morgan fingerprint density at radius 3 is 2.43 bits per heavy atom. The zero-order chi connectivity index (χ0) is 10.4. The lowest BCUT2D eigenvalue weighted by atomic mass is 10.3. The lowest BCUT2D eigenvalue weighted by Gasteiger charge is -2.24. The van der Waals surface area contributed by atoms with E-state index in [4.69, 9.17) is 9.47 Å². The molecule has 1 fully saturated rings. The van der Waals surface area contributed by atoms with Gasteiger partial charge in [-0.2, -0.15) is 0 Å². The van der Waals surface area contributed by atoms with E-state index < -0.39 is 0 Å². The molecular formula is C11H19NO2. The van der Waals surface area contributed by atoms with Gasteiger partial charge in [-0.3, -0.25) is 0 Å². The van der Waals surface area contributed by atoms with Crippen LogP contribution in [-0.2, 0) is 9.47 Å². The second-order valence-corrected chi connectivity index (χ2v) is 3.61. The van der Waals surface area contributed by atoms with E-state index in [-0.39, 0.29) is 0 Å². The van der Waals surface area contributed by atoms with Crippen LogP contribution in [0.4, 0.5) is 0 Å². The zero-order valence-electron chi connectivity index (χ0n) is 9.25. The fourth-order valence-electron chi connectivity index (χ4n) is 1.06. The largest absolute Gasteiger partial charge is 0.468 e. The minimum Gasteiger partial charge on any atom is -0.468 e. The third-order valence-corrected chi connectivity index (χ3v) is 2.27. The third kappa shape index (κ3) is 3.83. The molecule has 1 saturated heterocycles. The van der Waals surface area contributed by atoms with Crippen molar-refractivity contribution in [3.05, 3.63) is 23.8 Å². The van der Waals surface area contributed by atoms with Crippen molar-refractivity contribution in [1.82, 2.24) is 4.90 Å².